The van der Waals surface area contributed by atoms with Gasteiger partial charge in [0.2, 0.25) is 0 Å². The van der Waals surface area contributed by atoms with E-state index in [1.54, 1.807) is 19.3 Å². The van der Waals surface area contributed by atoms with Crippen LogP contribution in [-0.2, 0) is 7.05 Å². The molecule has 0 spiro atoms. The first-order valence-corrected chi connectivity index (χ1v) is 9.91. The van der Waals surface area contributed by atoms with E-state index >= 15 is 0 Å². The number of nitrogens with zero attached hydrogens (tertiary/aromatic N) is 3. The Morgan fingerprint density at radius 3 is 2.34 bits per heavy atom. The fourth-order valence-corrected chi connectivity index (χ4v) is 3.94. The SMILES string of the molecule is Cc1cccc(N2CCN(C(=O)Nc3cn(C)c(=O)c4ccccc34)CC2)c1C. The summed E-state index contributed by atoms with van der Waals surface area (Å²) in [5.74, 6) is 0. The number of benzene rings is 2. The second kappa shape index (κ2) is 7.62. The number of amides is 2. The summed E-state index contributed by atoms with van der Waals surface area (Å²) in [6, 6.07) is 13.6. The Kier molecular flexibility index (Phi) is 5.01. The number of pyridine rings is 1. The van der Waals surface area contributed by atoms with E-state index < -0.39 is 0 Å². The summed E-state index contributed by atoms with van der Waals surface area (Å²) in [5, 5.41) is 4.37. The van der Waals surface area contributed by atoms with Crippen molar-refractivity contribution in [3.63, 3.8) is 0 Å². The number of aryl methyl sites for hydroxylation is 2. The Balaban J connectivity index is 1.49. The molecule has 2 amide bonds. The number of urea groups is 1. The van der Waals surface area contributed by atoms with Crippen LogP contribution in [0.4, 0.5) is 16.2 Å². The molecule has 6 nitrogen and oxygen atoms in total. The molecule has 1 saturated heterocycles. The molecule has 1 aromatic heterocycles. The predicted molar refractivity (Wildman–Crippen MR) is 118 cm³/mol. The van der Waals surface area contributed by atoms with Gasteiger partial charge in [0, 0.05) is 55.9 Å². The number of aromatic nitrogens is 1. The topological polar surface area (TPSA) is 57.6 Å². The minimum absolute atomic E-state index is 0.0688. The third kappa shape index (κ3) is 3.58. The van der Waals surface area contributed by atoms with Gasteiger partial charge < -0.3 is 19.7 Å². The minimum atomic E-state index is -0.130. The first-order valence-electron chi connectivity index (χ1n) is 9.91. The number of fused-ring (bicyclic) bond motifs is 1. The summed E-state index contributed by atoms with van der Waals surface area (Å²) in [5.41, 5.74) is 4.41. The van der Waals surface area contributed by atoms with Gasteiger partial charge in [-0.25, -0.2) is 4.79 Å². The standard InChI is InChI=1S/C23H26N4O2/c1-16-7-6-10-21(17(16)2)26-11-13-27(14-12-26)23(29)24-20-15-25(3)22(28)19-9-5-4-8-18(19)20/h4-10,15H,11-14H2,1-3H3,(H,24,29). The van der Waals surface area contributed by atoms with Gasteiger partial charge in [-0.05, 0) is 37.1 Å². The molecule has 0 aliphatic carbocycles. The van der Waals surface area contributed by atoms with Crippen LogP contribution >= 0.6 is 0 Å². The van der Waals surface area contributed by atoms with Gasteiger partial charge in [-0.3, -0.25) is 4.79 Å². The highest BCUT2D eigenvalue weighted by atomic mass is 16.2. The van der Waals surface area contributed by atoms with Gasteiger partial charge in [0.25, 0.3) is 5.56 Å². The monoisotopic (exact) mass is 390 g/mol. The van der Waals surface area contributed by atoms with E-state index in [1.165, 1.54) is 21.4 Å². The molecule has 1 fully saturated rings. The lowest BCUT2D eigenvalue weighted by Gasteiger charge is -2.37. The molecule has 2 aromatic carbocycles. The molecule has 0 atom stereocenters. The summed E-state index contributed by atoms with van der Waals surface area (Å²) in [7, 11) is 1.70. The second-order valence-corrected chi connectivity index (χ2v) is 7.63. The van der Waals surface area contributed by atoms with Crippen LogP contribution in [0.1, 0.15) is 11.1 Å². The fourth-order valence-electron chi connectivity index (χ4n) is 3.94. The fraction of sp³-hybridized carbons (Fsp3) is 0.304. The van der Waals surface area contributed by atoms with Crippen molar-refractivity contribution in [3.8, 4) is 0 Å². The van der Waals surface area contributed by atoms with E-state index in [2.05, 4.69) is 42.3 Å². The molecule has 0 bridgehead atoms. The largest absolute Gasteiger partial charge is 0.368 e. The van der Waals surface area contributed by atoms with Gasteiger partial charge in [-0.2, -0.15) is 0 Å². The second-order valence-electron chi connectivity index (χ2n) is 7.63. The van der Waals surface area contributed by atoms with Crippen LogP contribution in [0.5, 0.6) is 0 Å². The van der Waals surface area contributed by atoms with Gasteiger partial charge in [0.1, 0.15) is 0 Å². The Morgan fingerprint density at radius 1 is 0.931 bits per heavy atom. The van der Waals surface area contributed by atoms with Crippen LogP contribution in [0.3, 0.4) is 0 Å². The van der Waals surface area contributed by atoms with Gasteiger partial charge in [0.05, 0.1) is 5.69 Å². The molecule has 0 saturated carbocycles. The van der Waals surface area contributed by atoms with Crippen LogP contribution in [0.25, 0.3) is 10.8 Å². The predicted octanol–water partition coefficient (Wildman–Crippen LogP) is 3.51. The Bertz CT molecular complexity index is 1130. The van der Waals surface area contributed by atoms with Gasteiger partial charge in [0.15, 0.2) is 0 Å². The maximum atomic E-state index is 12.9. The summed E-state index contributed by atoms with van der Waals surface area (Å²) in [6.07, 6.45) is 1.69. The molecule has 1 aliphatic heterocycles. The molecular formula is C23H26N4O2. The zero-order valence-corrected chi connectivity index (χ0v) is 17.1. The van der Waals surface area contributed by atoms with Crippen LogP contribution in [0.15, 0.2) is 53.5 Å². The normalized spacial score (nSPS) is 14.3. The van der Waals surface area contributed by atoms with Crippen molar-refractivity contribution < 1.29 is 4.79 Å². The van der Waals surface area contributed by atoms with E-state index in [1.807, 2.05) is 23.1 Å². The van der Waals surface area contributed by atoms with Crippen molar-refractivity contribution >= 4 is 28.2 Å². The van der Waals surface area contributed by atoms with Crippen molar-refractivity contribution in [2.45, 2.75) is 13.8 Å². The lowest BCUT2D eigenvalue weighted by molar-refractivity contribution is 0.208. The smallest absolute Gasteiger partial charge is 0.322 e. The van der Waals surface area contributed by atoms with Crippen LogP contribution in [-0.4, -0.2) is 41.7 Å². The third-order valence-corrected chi connectivity index (χ3v) is 5.82. The Morgan fingerprint density at radius 2 is 1.62 bits per heavy atom. The quantitative estimate of drug-likeness (QED) is 0.729. The Labute approximate surface area is 170 Å². The summed E-state index contributed by atoms with van der Waals surface area (Å²) in [6.45, 7) is 7.18. The molecule has 6 heteroatoms. The Hall–Kier alpha value is -3.28. The third-order valence-electron chi connectivity index (χ3n) is 5.82. The number of rotatable bonds is 2. The summed E-state index contributed by atoms with van der Waals surface area (Å²) in [4.78, 5) is 29.4. The van der Waals surface area contributed by atoms with E-state index in [0.29, 0.717) is 24.2 Å². The highest BCUT2D eigenvalue weighted by Crippen LogP contribution is 2.25. The summed E-state index contributed by atoms with van der Waals surface area (Å²) >= 11 is 0. The first kappa shape index (κ1) is 19.1. The number of piperazine rings is 1. The molecule has 1 N–H and O–H groups in total. The van der Waals surface area contributed by atoms with Crippen molar-refractivity contribution in [2.24, 2.45) is 7.05 Å². The number of nitrogens with one attached hydrogen (secondary N) is 1. The molecule has 1 aliphatic rings. The van der Waals surface area contributed by atoms with Crippen molar-refractivity contribution in [3.05, 3.63) is 70.1 Å². The number of hydrogen-bond donors (Lipinski definition) is 1. The van der Waals surface area contributed by atoms with Crippen molar-refractivity contribution in [1.29, 1.82) is 0 Å². The number of hydrogen-bond acceptors (Lipinski definition) is 3. The average molecular weight is 390 g/mol. The number of anilines is 2. The van der Waals surface area contributed by atoms with Crippen LogP contribution in [0, 0.1) is 13.8 Å². The van der Waals surface area contributed by atoms with Gasteiger partial charge in [-0.15, -0.1) is 0 Å². The minimum Gasteiger partial charge on any atom is -0.368 e. The van der Waals surface area contributed by atoms with Crippen molar-refractivity contribution in [1.82, 2.24) is 9.47 Å². The molecule has 0 radical (unpaired) electrons. The lowest BCUT2D eigenvalue weighted by atomic mass is 10.1. The molecule has 2 heterocycles. The maximum absolute atomic E-state index is 12.9. The average Bonchev–Trinajstić information content (AvgIpc) is 2.74. The van der Waals surface area contributed by atoms with Gasteiger partial charge in [-0.1, -0.05) is 30.3 Å². The van der Waals surface area contributed by atoms with E-state index in [0.717, 1.165) is 18.5 Å². The first-order chi connectivity index (χ1) is 14.0. The zero-order chi connectivity index (χ0) is 20.5. The van der Waals surface area contributed by atoms with Gasteiger partial charge >= 0.3 is 6.03 Å². The number of carbonyl (C=O) groups is 1. The molecule has 4 rings (SSSR count). The molecular weight excluding hydrogens is 364 g/mol. The van der Waals surface area contributed by atoms with E-state index in [-0.39, 0.29) is 11.6 Å². The van der Waals surface area contributed by atoms with E-state index in [4.69, 9.17) is 0 Å². The number of carbonyl (C=O) groups excluding carboxylic acids is 1. The van der Waals surface area contributed by atoms with Crippen LogP contribution in [0.2, 0.25) is 0 Å². The molecule has 0 unspecified atom stereocenters. The lowest BCUT2D eigenvalue weighted by Crippen LogP contribution is -2.50. The van der Waals surface area contributed by atoms with Crippen molar-refractivity contribution in [2.75, 3.05) is 36.4 Å². The highest BCUT2D eigenvalue weighted by Gasteiger charge is 2.23. The summed E-state index contributed by atoms with van der Waals surface area (Å²) < 4.78 is 1.51. The zero-order valence-electron chi connectivity index (χ0n) is 17.1. The molecule has 150 valence electrons. The van der Waals surface area contributed by atoms with E-state index in [9.17, 15) is 9.59 Å². The molecule has 29 heavy (non-hydrogen) atoms. The molecule has 3 aromatic rings. The maximum Gasteiger partial charge on any atom is 0.322 e. The highest BCUT2D eigenvalue weighted by molar-refractivity contribution is 6.01. The van der Waals surface area contributed by atoms with Crippen LogP contribution < -0.4 is 15.8 Å².